The van der Waals surface area contributed by atoms with E-state index in [1.165, 1.54) is 22.5 Å². The third-order valence-electron chi connectivity index (χ3n) is 4.13. The molecule has 3 heterocycles. The van der Waals surface area contributed by atoms with E-state index in [-0.39, 0.29) is 22.7 Å². The molecule has 0 saturated heterocycles. The number of halogens is 5. The summed E-state index contributed by atoms with van der Waals surface area (Å²) in [6, 6.07) is 2.32. The van der Waals surface area contributed by atoms with Crippen LogP contribution in [-0.2, 0) is 13.0 Å². The third-order valence-corrected chi connectivity index (χ3v) is 5.04. The number of imidazole rings is 1. The summed E-state index contributed by atoms with van der Waals surface area (Å²) in [4.78, 5) is 12.9. The molecule has 3 rings (SSSR count). The predicted octanol–water partition coefficient (Wildman–Crippen LogP) is 5.33. The number of hydrogen-bond donors (Lipinski definition) is 1. The van der Waals surface area contributed by atoms with Crippen LogP contribution in [0.2, 0.25) is 0 Å². The van der Waals surface area contributed by atoms with Crippen LogP contribution in [0.5, 0.6) is 0 Å². The molecule has 0 unspecified atom stereocenters. The Morgan fingerprint density at radius 3 is 2.45 bits per heavy atom. The molecule has 3 aromatic rings. The summed E-state index contributed by atoms with van der Waals surface area (Å²) in [5.74, 6) is -4.31. The summed E-state index contributed by atoms with van der Waals surface area (Å²) >= 11 is 1.40. The Labute approximate surface area is 166 Å². The normalized spacial score (nSPS) is 12.5. The van der Waals surface area contributed by atoms with Crippen LogP contribution in [0.3, 0.4) is 0 Å². The molecule has 0 saturated carbocycles. The number of fused-ring (bicyclic) bond motifs is 1. The number of alkyl halides is 5. The van der Waals surface area contributed by atoms with E-state index in [1.54, 1.807) is 13.1 Å². The first kappa shape index (κ1) is 21.0. The Balaban J connectivity index is 2.17. The Kier molecular flexibility index (Phi) is 5.28. The van der Waals surface area contributed by atoms with Crippen LogP contribution in [0.1, 0.15) is 18.1 Å². The minimum atomic E-state index is -5.74. The number of nitrogens with zero attached hydrogens (tertiary/aromatic N) is 4. The maximum atomic E-state index is 13.7. The van der Waals surface area contributed by atoms with Crippen molar-refractivity contribution in [2.45, 2.75) is 23.9 Å². The van der Waals surface area contributed by atoms with Gasteiger partial charge in [0.15, 0.2) is 11.5 Å². The molecule has 0 fully saturated rings. The Morgan fingerprint density at radius 2 is 1.86 bits per heavy atom. The molecule has 0 bridgehead atoms. The van der Waals surface area contributed by atoms with Crippen molar-refractivity contribution in [1.29, 1.82) is 0 Å². The van der Waals surface area contributed by atoms with E-state index in [2.05, 4.69) is 21.5 Å². The quantitative estimate of drug-likeness (QED) is 0.337. The van der Waals surface area contributed by atoms with Crippen LogP contribution in [0.15, 0.2) is 36.0 Å². The lowest BCUT2D eigenvalue weighted by molar-refractivity contribution is -0.289. The van der Waals surface area contributed by atoms with Crippen LogP contribution < -0.4 is 0 Å². The highest BCUT2D eigenvalue weighted by atomic mass is 32.2. The van der Waals surface area contributed by atoms with Crippen molar-refractivity contribution < 1.29 is 27.1 Å². The number of aliphatic hydroxyl groups is 1. The molecule has 0 aromatic carbocycles. The van der Waals surface area contributed by atoms with Crippen LogP contribution in [0.25, 0.3) is 28.4 Å². The predicted molar refractivity (Wildman–Crippen MR) is 99.7 cm³/mol. The number of thioether (sulfide) groups is 1. The molecular formula is C18H15F5N4OS. The van der Waals surface area contributed by atoms with E-state index in [0.717, 1.165) is 0 Å². The zero-order chi connectivity index (χ0) is 21.6. The lowest BCUT2D eigenvalue weighted by Crippen LogP contribution is -2.33. The first-order valence-corrected chi connectivity index (χ1v) is 9.24. The molecule has 0 aliphatic carbocycles. The van der Waals surface area contributed by atoms with Gasteiger partial charge in [-0.1, -0.05) is 13.5 Å². The average molecular weight is 430 g/mol. The van der Waals surface area contributed by atoms with Gasteiger partial charge in [0.2, 0.25) is 0 Å². The standard InChI is InChI=1S/C18H15F5N4OS/c1-4-29-13-5-10(9(2)28)7-24-14(13)16-26-12-6-11(8-25-15(12)27(16)3)17(19,20)18(21,22)23/h5-8,28H,2,4H2,1,3H3. The van der Waals surface area contributed by atoms with Crippen molar-refractivity contribution in [2.24, 2.45) is 7.05 Å². The van der Waals surface area contributed by atoms with E-state index in [4.69, 9.17) is 0 Å². The van der Waals surface area contributed by atoms with Gasteiger partial charge in [0.25, 0.3) is 0 Å². The minimum Gasteiger partial charge on any atom is -0.508 e. The summed E-state index contributed by atoms with van der Waals surface area (Å²) in [7, 11) is 1.56. The Morgan fingerprint density at radius 1 is 1.17 bits per heavy atom. The maximum absolute atomic E-state index is 13.7. The van der Waals surface area contributed by atoms with Crippen molar-refractivity contribution >= 4 is 28.7 Å². The molecule has 3 aromatic heterocycles. The highest BCUT2D eigenvalue weighted by molar-refractivity contribution is 7.99. The zero-order valence-electron chi connectivity index (χ0n) is 15.3. The fraction of sp³-hybridized carbons (Fsp3) is 0.278. The monoisotopic (exact) mass is 430 g/mol. The molecule has 1 N–H and O–H groups in total. The highest BCUT2D eigenvalue weighted by Crippen LogP contribution is 2.44. The molecule has 29 heavy (non-hydrogen) atoms. The summed E-state index contributed by atoms with van der Waals surface area (Å²) in [6.45, 7) is 5.35. The van der Waals surface area contributed by atoms with Crippen molar-refractivity contribution in [2.75, 3.05) is 5.75 Å². The van der Waals surface area contributed by atoms with Gasteiger partial charge in [0, 0.05) is 29.9 Å². The number of aromatic nitrogens is 4. The number of rotatable bonds is 5. The van der Waals surface area contributed by atoms with Gasteiger partial charge in [-0.15, -0.1) is 11.8 Å². The van der Waals surface area contributed by atoms with Crippen molar-refractivity contribution in [3.63, 3.8) is 0 Å². The van der Waals surface area contributed by atoms with E-state index in [9.17, 15) is 27.1 Å². The lowest BCUT2D eigenvalue weighted by atomic mass is 10.1. The molecular weight excluding hydrogens is 415 g/mol. The Bertz CT molecular complexity index is 1090. The fourth-order valence-electron chi connectivity index (χ4n) is 2.66. The maximum Gasteiger partial charge on any atom is 0.458 e. The molecule has 0 aliphatic heterocycles. The van der Waals surface area contributed by atoms with E-state index in [1.807, 2.05) is 6.92 Å². The number of aliphatic hydroxyl groups excluding tert-OH is 1. The van der Waals surface area contributed by atoms with E-state index < -0.39 is 17.7 Å². The van der Waals surface area contributed by atoms with Crippen LogP contribution in [-0.4, -0.2) is 36.6 Å². The summed E-state index contributed by atoms with van der Waals surface area (Å²) in [5, 5.41) is 9.58. The van der Waals surface area contributed by atoms with Crippen molar-refractivity contribution in [3.8, 4) is 11.5 Å². The zero-order valence-corrected chi connectivity index (χ0v) is 16.1. The molecule has 0 aliphatic rings. The average Bonchev–Trinajstić information content (AvgIpc) is 2.97. The SMILES string of the molecule is C=C(O)c1cnc(-c2nc3cc(C(F)(F)C(F)(F)F)cnc3n2C)c(SCC)c1. The fourth-order valence-corrected chi connectivity index (χ4v) is 3.46. The van der Waals surface area contributed by atoms with Crippen LogP contribution in [0, 0.1) is 0 Å². The van der Waals surface area contributed by atoms with E-state index in [0.29, 0.717) is 34.2 Å². The minimum absolute atomic E-state index is 0.117. The van der Waals surface area contributed by atoms with Crippen LogP contribution in [0.4, 0.5) is 22.0 Å². The van der Waals surface area contributed by atoms with E-state index >= 15 is 0 Å². The molecule has 0 radical (unpaired) electrons. The van der Waals surface area contributed by atoms with Gasteiger partial charge >= 0.3 is 12.1 Å². The second-order valence-electron chi connectivity index (χ2n) is 6.08. The molecule has 154 valence electrons. The summed E-state index contributed by atoms with van der Waals surface area (Å²) in [6.07, 6.45) is -3.88. The summed E-state index contributed by atoms with van der Waals surface area (Å²) < 4.78 is 66.8. The number of hydrogen-bond acceptors (Lipinski definition) is 5. The van der Waals surface area contributed by atoms with Crippen molar-refractivity contribution in [1.82, 2.24) is 19.5 Å². The molecule has 0 spiro atoms. The first-order valence-electron chi connectivity index (χ1n) is 8.26. The van der Waals surface area contributed by atoms with Gasteiger partial charge in [0.1, 0.15) is 17.0 Å². The highest BCUT2D eigenvalue weighted by Gasteiger charge is 2.59. The summed E-state index contributed by atoms with van der Waals surface area (Å²) in [5.41, 5.74) is -0.495. The van der Waals surface area contributed by atoms with Gasteiger partial charge in [-0.3, -0.25) is 4.98 Å². The number of pyridine rings is 2. The van der Waals surface area contributed by atoms with Gasteiger partial charge in [-0.2, -0.15) is 22.0 Å². The molecule has 0 atom stereocenters. The van der Waals surface area contributed by atoms with Gasteiger partial charge in [-0.05, 0) is 17.9 Å². The van der Waals surface area contributed by atoms with Gasteiger partial charge in [0.05, 0.1) is 5.56 Å². The second-order valence-corrected chi connectivity index (χ2v) is 7.39. The second kappa shape index (κ2) is 7.29. The Hall–Kier alpha value is -2.69. The van der Waals surface area contributed by atoms with Crippen LogP contribution >= 0.6 is 11.8 Å². The first-order chi connectivity index (χ1) is 13.5. The van der Waals surface area contributed by atoms with Gasteiger partial charge < -0.3 is 9.67 Å². The smallest absolute Gasteiger partial charge is 0.458 e. The third kappa shape index (κ3) is 3.66. The van der Waals surface area contributed by atoms with Crippen molar-refractivity contribution in [3.05, 3.63) is 42.2 Å². The molecule has 5 nitrogen and oxygen atoms in total. The lowest BCUT2D eigenvalue weighted by Gasteiger charge is -2.19. The molecule has 0 amide bonds. The molecule has 11 heteroatoms. The topological polar surface area (TPSA) is 63.8 Å². The largest absolute Gasteiger partial charge is 0.508 e. The number of aryl methyl sites for hydroxylation is 1. The van der Waals surface area contributed by atoms with Gasteiger partial charge in [-0.25, -0.2) is 9.97 Å².